The molecule has 15 nitrogen and oxygen atoms in total. The van der Waals surface area contributed by atoms with Crippen LogP contribution in [0.4, 0.5) is 41.7 Å². The number of sulfonamides is 1. The molecule has 350 valence electrons. The second-order valence-electron chi connectivity index (χ2n) is 17.6. The SMILES string of the molecule is Cn1nc(NS(C)(=O)=O)c2cccc(-c3cc4sc(N5CCN(C(=O)C(C)(C)N)CC5)nc4nc3[C@H](Cc3cc(F)cc(F)c3)NC(=O)Cn3nc(C(F)(F)F)c4c3C(F)(F)[C@@H]3CC[C@H]43)c21. The quantitative estimate of drug-likeness (QED) is 0.126. The summed E-state index contributed by atoms with van der Waals surface area (Å²) in [4.78, 5) is 40.5. The lowest BCUT2D eigenvalue weighted by Crippen LogP contribution is -2.57. The number of alkyl halides is 5. The number of anilines is 2. The predicted octanol–water partition coefficient (Wildman–Crippen LogP) is 6.20. The van der Waals surface area contributed by atoms with E-state index < -0.39 is 86.6 Å². The number of halogens is 7. The van der Waals surface area contributed by atoms with Crippen LogP contribution in [0.2, 0.25) is 0 Å². The molecule has 3 aliphatic rings. The Kier molecular flexibility index (Phi) is 10.9. The number of hydrogen-bond donors (Lipinski definition) is 3. The number of aromatic nitrogens is 6. The van der Waals surface area contributed by atoms with Crippen molar-refractivity contribution in [3.8, 4) is 11.1 Å². The first-order chi connectivity index (χ1) is 30.9. The number of rotatable bonds is 11. The minimum atomic E-state index is -5.09. The number of nitrogens with two attached hydrogens (primary N) is 1. The highest BCUT2D eigenvalue weighted by atomic mass is 32.2. The van der Waals surface area contributed by atoms with Crippen LogP contribution in [0.1, 0.15) is 66.9 Å². The maximum Gasteiger partial charge on any atom is 0.435 e. The minimum Gasteiger partial charge on any atom is -0.346 e. The first-order valence-electron chi connectivity index (χ1n) is 20.8. The summed E-state index contributed by atoms with van der Waals surface area (Å²) in [5.41, 5.74) is 3.27. The highest BCUT2D eigenvalue weighted by Crippen LogP contribution is 2.64. The second-order valence-corrected chi connectivity index (χ2v) is 20.3. The van der Waals surface area contributed by atoms with Crippen molar-refractivity contribution < 1.29 is 48.7 Å². The van der Waals surface area contributed by atoms with Crippen LogP contribution in [0.5, 0.6) is 0 Å². The summed E-state index contributed by atoms with van der Waals surface area (Å²) in [5.74, 6) is -9.33. The van der Waals surface area contributed by atoms with E-state index >= 15 is 8.78 Å². The molecule has 2 aromatic carbocycles. The first kappa shape index (κ1) is 45.3. The molecule has 66 heavy (non-hydrogen) atoms. The third-order valence-corrected chi connectivity index (χ3v) is 13.8. The summed E-state index contributed by atoms with van der Waals surface area (Å²) < 4.78 is 134. The maximum atomic E-state index is 15.8. The van der Waals surface area contributed by atoms with E-state index in [0.717, 1.165) is 18.4 Å². The van der Waals surface area contributed by atoms with E-state index in [1.54, 1.807) is 50.1 Å². The van der Waals surface area contributed by atoms with Gasteiger partial charge in [0.2, 0.25) is 21.8 Å². The average molecular weight is 962 g/mol. The standard InChI is InChI=1S/C42H42F7N11O4S2/c1-40(2,50)38(62)58-10-12-59(13-11-58)39-53-37-29(65-39)18-26(23-6-5-7-25-33(23)57(3)55-36(25)56-66(4,63)64)32(52-37)28(16-20-14-21(43)17-22(44)15-20)51-30(61)19-60-35-31(34(54-60)42(47,48)49)24-8-9-27(24)41(35,45)46/h5-7,14-15,17-18,24,27-28H,8-13,16,19,50H2,1-4H3,(H,51,61)(H,55,56)/t24-,27+,28-/m0/s1. The molecule has 2 amide bonds. The van der Waals surface area contributed by atoms with Gasteiger partial charge in [-0.2, -0.15) is 37.1 Å². The lowest BCUT2D eigenvalue weighted by atomic mass is 9.73. The Morgan fingerprint density at radius 1 is 0.985 bits per heavy atom. The van der Waals surface area contributed by atoms with Crippen LogP contribution in [-0.2, 0) is 51.7 Å². The Labute approximate surface area is 376 Å². The summed E-state index contributed by atoms with van der Waals surface area (Å²) >= 11 is 1.26. The minimum absolute atomic E-state index is 0.00142. The molecular weight excluding hydrogens is 920 g/mol. The van der Waals surface area contributed by atoms with Gasteiger partial charge >= 0.3 is 6.18 Å². The topological polar surface area (TPSA) is 186 Å². The molecule has 0 unspecified atom stereocenters. The van der Waals surface area contributed by atoms with E-state index in [-0.39, 0.29) is 47.9 Å². The van der Waals surface area contributed by atoms with Crippen molar-refractivity contribution in [2.24, 2.45) is 18.7 Å². The Bertz CT molecular complexity index is 3040. The fourth-order valence-electron chi connectivity index (χ4n) is 9.31. The molecular formula is C42H42F7N11O4S2. The van der Waals surface area contributed by atoms with Crippen LogP contribution in [0.25, 0.3) is 32.4 Å². The third-order valence-electron chi connectivity index (χ3n) is 12.2. The summed E-state index contributed by atoms with van der Waals surface area (Å²) in [6.07, 6.45) is -4.40. The Balaban J connectivity index is 1.17. The highest BCUT2D eigenvalue weighted by molar-refractivity contribution is 7.92. The first-order valence-corrected chi connectivity index (χ1v) is 23.5. The zero-order valence-corrected chi connectivity index (χ0v) is 37.3. The zero-order chi connectivity index (χ0) is 47.4. The van der Waals surface area contributed by atoms with Gasteiger partial charge in [0.1, 0.15) is 23.9 Å². The molecule has 24 heteroatoms. The molecule has 2 aliphatic carbocycles. The molecule has 0 radical (unpaired) electrons. The van der Waals surface area contributed by atoms with Gasteiger partial charge in [-0.1, -0.05) is 23.5 Å². The molecule has 9 rings (SSSR count). The largest absolute Gasteiger partial charge is 0.435 e. The maximum absolute atomic E-state index is 15.8. The zero-order valence-electron chi connectivity index (χ0n) is 35.7. The number of thiazole rings is 1. The van der Waals surface area contributed by atoms with Crippen LogP contribution in [0, 0.1) is 17.6 Å². The number of nitrogens with one attached hydrogen (secondary N) is 2. The van der Waals surface area contributed by atoms with Gasteiger partial charge < -0.3 is 20.9 Å². The van der Waals surface area contributed by atoms with Crippen molar-refractivity contribution in [1.29, 1.82) is 0 Å². The van der Waals surface area contributed by atoms with Crippen LogP contribution in [-0.4, -0.2) is 92.6 Å². The molecule has 1 saturated heterocycles. The van der Waals surface area contributed by atoms with Gasteiger partial charge in [0, 0.05) is 67.3 Å². The van der Waals surface area contributed by atoms with E-state index in [1.807, 2.05) is 4.90 Å². The molecule has 3 atom stereocenters. The van der Waals surface area contributed by atoms with Crippen LogP contribution >= 0.6 is 11.3 Å². The van der Waals surface area contributed by atoms with E-state index in [4.69, 9.17) is 15.7 Å². The Morgan fingerprint density at radius 3 is 2.30 bits per heavy atom. The summed E-state index contributed by atoms with van der Waals surface area (Å²) in [5, 5.41) is 11.5. The molecule has 6 aromatic rings. The molecule has 4 N–H and O–H groups in total. The highest BCUT2D eigenvalue weighted by Gasteiger charge is 2.63. The number of fused-ring (bicyclic) bond motifs is 5. The monoisotopic (exact) mass is 961 g/mol. The van der Waals surface area contributed by atoms with Crippen molar-refractivity contribution in [3.63, 3.8) is 0 Å². The number of hydrogen-bond acceptors (Lipinski definition) is 11. The Morgan fingerprint density at radius 2 is 1.68 bits per heavy atom. The van der Waals surface area contributed by atoms with Crippen LogP contribution in [0.15, 0.2) is 42.5 Å². The second kappa shape index (κ2) is 15.9. The molecule has 4 aromatic heterocycles. The molecule has 0 bridgehead atoms. The molecule has 1 aliphatic heterocycles. The molecule has 2 fully saturated rings. The fourth-order valence-corrected chi connectivity index (χ4v) is 10.8. The van der Waals surface area contributed by atoms with Gasteiger partial charge in [-0.3, -0.25) is 23.7 Å². The number of aryl methyl sites for hydroxylation is 1. The normalized spacial score (nSPS) is 18.9. The number of benzene rings is 2. The number of piperazine rings is 1. The van der Waals surface area contributed by atoms with Crippen LogP contribution < -0.4 is 20.7 Å². The van der Waals surface area contributed by atoms with Gasteiger partial charge in [-0.05, 0) is 68.9 Å². The molecule has 5 heterocycles. The summed E-state index contributed by atoms with van der Waals surface area (Å²) in [6, 6.07) is 7.98. The lowest BCUT2D eigenvalue weighted by Gasteiger charge is -2.37. The van der Waals surface area contributed by atoms with E-state index in [0.29, 0.717) is 68.8 Å². The Hall–Kier alpha value is -5.88. The van der Waals surface area contributed by atoms with E-state index in [1.165, 1.54) is 16.0 Å². The molecule has 1 saturated carbocycles. The van der Waals surface area contributed by atoms with Gasteiger partial charge in [0.15, 0.2) is 22.3 Å². The molecule has 0 spiro atoms. The van der Waals surface area contributed by atoms with Gasteiger partial charge in [0.25, 0.3) is 5.92 Å². The van der Waals surface area contributed by atoms with Gasteiger partial charge in [-0.25, -0.2) is 22.2 Å². The van der Waals surface area contributed by atoms with Crippen molar-refractivity contribution >= 4 is 65.4 Å². The lowest BCUT2D eigenvalue weighted by molar-refractivity contribution is -0.144. The van der Waals surface area contributed by atoms with Gasteiger partial charge in [-0.15, -0.1) is 0 Å². The predicted molar refractivity (Wildman–Crippen MR) is 230 cm³/mol. The third kappa shape index (κ3) is 8.19. The fraction of sp³-hybridized carbons (Fsp3) is 0.429. The number of nitrogens with zero attached hydrogens (tertiary/aromatic N) is 8. The van der Waals surface area contributed by atoms with Crippen molar-refractivity contribution in [2.45, 2.75) is 69.3 Å². The number of carbonyl (C=O) groups excluding carboxylic acids is 2. The summed E-state index contributed by atoms with van der Waals surface area (Å²) in [6.45, 7) is 3.66. The number of para-hydroxylation sites is 1. The average Bonchev–Trinajstić information content (AvgIpc) is 3.91. The number of carbonyl (C=O) groups is 2. The van der Waals surface area contributed by atoms with E-state index in [2.05, 4.69) is 20.2 Å². The van der Waals surface area contributed by atoms with Crippen molar-refractivity contribution in [3.05, 3.63) is 82.3 Å². The number of pyridine rings is 1. The van der Waals surface area contributed by atoms with Crippen LogP contribution in [0.3, 0.4) is 0 Å². The van der Waals surface area contributed by atoms with Crippen molar-refractivity contribution in [1.82, 2.24) is 39.7 Å². The van der Waals surface area contributed by atoms with Gasteiger partial charge in [0.05, 0.1) is 33.7 Å². The van der Waals surface area contributed by atoms with Crippen molar-refractivity contribution in [2.75, 3.05) is 42.1 Å². The van der Waals surface area contributed by atoms with E-state index in [9.17, 15) is 40.0 Å². The smallest absolute Gasteiger partial charge is 0.346 e. The summed E-state index contributed by atoms with van der Waals surface area (Å²) in [7, 11) is -2.24. The number of amides is 2.